The third-order valence-electron chi connectivity index (χ3n) is 2.44. The molecule has 0 saturated heterocycles. The molecule has 1 aromatic rings. The fourth-order valence-corrected chi connectivity index (χ4v) is 1.55. The summed E-state index contributed by atoms with van der Waals surface area (Å²) in [6, 6.07) is 6.46. The fourth-order valence-electron chi connectivity index (χ4n) is 1.55. The highest BCUT2D eigenvalue weighted by Gasteiger charge is 2.04. The predicted molar refractivity (Wildman–Crippen MR) is 66.4 cm³/mol. The van der Waals surface area contributed by atoms with Gasteiger partial charge in [0, 0.05) is 12.1 Å². The second-order valence-electron chi connectivity index (χ2n) is 4.04. The Labute approximate surface area is 97.8 Å². The molecular weight excluding hydrogens is 202 g/mol. The summed E-state index contributed by atoms with van der Waals surface area (Å²) in [5.74, 6) is 1.72. The lowest BCUT2D eigenvalue weighted by molar-refractivity contribution is 0.390. The molecule has 1 rings (SSSR count). The minimum atomic E-state index is 0.518. The Balaban J connectivity index is 2.64. The first kappa shape index (κ1) is 12.8. The average molecular weight is 223 g/mol. The summed E-state index contributed by atoms with van der Waals surface area (Å²) in [5, 5.41) is 3.39. The van der Waals surface area contributed by atoms with Crippen molar-refractivity contribution in [1.82, 2.24) is 5.32 Å². The minimum absolute atomic E-state index is 0.518. The molecule has 0 amide bonds. The van der Waals surface area contributed by atoms with Gasteiger partial charge in [0.25, 0.3) is 0 Å². The van der Waals surface area contributed by atoms with Crippen LogP contribution in [0.25, 0.3) is 0 Å². The molecule has 0 aliphatic carbocycles. The average Bonchev–Trinajstić information content (AvgIpc) is 2.29. The highest BCUT2D eigenvalue weighted by Crippen LogP contribution is 2.24. The van der Waals surface area contributed by atoms with Crippen molar-refractivity contribution in [3.63, 3.8) is 0 Å². The van der Waals surface area contributed by atoms with Crippen molar-refractivity contribution in [3.05, 3.63) is 23.8 Å². The lowest BCUT2D eigenvalue weighted by Crippen LogP contribution is -2.25. The number of methoxy groups -OCH3 is 2. The van der Waals surface area contributed by atoms with Gasteiger partial charge in [-0.15, -0.1) is 0 Å². The topological polar surface area (TPSA) is 30.5 Å². The Morgan fingerprint density at radius 2 is 1.94 bits per heavy atom. The van der Waals surface area contributed by atoms with Gasteiger partial charge in [0.1, 0.15) is 11.5 Å². The summed E-state index contributed by atoms with van der Waals surface area (Å²) >= 11 is 0. The van der Waals surface area contributed by atoms with E-state index in [-0.39, 0.29) is 0 Å². The molecule has 1 N–H and O–H groups in total. The molecule has 0 fully saturated rings. The zero-order valence-electron chi connectivity index (χ0n) is 10.5. The zero-order valence-corrected chi connectivity index (χ0v) is 10.5. The normalized spacial score (nSPS) is 10.6. The van der Waals surface area contributed by atoms with E-state index in [1.165, 1.54) is 5.56 Å². The van der Waals surface area contributed by atoms with E-state index in [9.17, 15) is 0 Å². The van der Waals surface area contributed by atoms with Gasteiger partial charge < -0.3 is 14.8 Å². The molecule has 0 aliphatic heterocycles. The van der Waals surface area contributed by atoms with Crippen molar-refractivity contribution in [3.8, 4) is 11.5 Å². The van der Waals surface area contributed by atoms with Gasteiger partial charge in [0.2, 0.25) is 0 Å². The van der Waals surface area contributed by atoms with E-state index in [2.05, 4.69) is 25.2 Å². The number of ether oxygens (including phenoxy) is 2. The highest BCUT2D eigenvalue weighted by atomic mass is 16.5. The van der Waals surface area contributed by atoms with Crippen LogP contribution in [-0.4, -0.2) is 26.8 Å². The van der Waals surface area contributed by atoms with Gasteiger partial charge in [0.15, 0.2) is 0 Å². The quantitative estimate of drug-likeness (QED) is 0.802. The molecule has 0 spiro atoms. The summed E-state index contributed by atoms with van der Waals surface area (Å²) in [7, 11) is 3.35. The first-order valence-corrected chi connectivity index (χ1v) is 5.61. The molecule has 0 atom stereocenters. The second-order valence-corrected chi connectivity index (χ2v) is 4.04. The van der Waals surface area contributed by atoms with Gasteiger partial charge in [0.05, 0.1) is 14.2 Å². The Morgan fingerprint density at radius 3 is 2.50 bits per heavy atom. The Kier molecular flexibility index (Phi) is 5.12. The standard InChI is InChI=1S/C13H21NO2/c1-10(2)14-8-7-11-5-6-12(15-3)9-13(11)16-4/h5-6,9-10,14H,7-8H2,1-4H3. The van der Waals surface area contributed by atoms with Crippen molar-refractivity contribution in [2.45, 2.75) is 26.3 Å². The van der Waals surface area contributed by atoms with Crippen LogP contribution in [0.4, 0.5) is 0 Å². The summed E-state index contributed by atoms with van der Waals surface area (Å²) in [6.07, 6.45) is 0.964. The van der Waals surface area contributed by atoms with Gasteiger partial charge in [-0.1, -0.05) is 19.9 Å². The maximum Gasteiger partial charge on any atom is 0.125 e. The molecule has 0 radical (unpaired) electrons. The lowest BCUT2D eigenvalue weighted by Gasteiger charge is -2.12. The molecule has 0 heterocycles. The number of nitrogens with one attached hydrogen (secondary N) is 1. The van der Waals surface area contributed by atoms with Gasteiger partial charge in [-0.25, -0.2) is 0 Å². The summed E-state index contributed by atoms with van der Waals surface area (Å²) < 4.78 is 10.5. The van der Waals surface area contributed by atoms with E-state index in [1.807, 2.05) is 12.1 Å². The van der Waals surface area contributed by atoms with Crippen LogP contribution in [0.5, 0.6) is 11.5 Å². The summed E-state index contributed by atoms with van der Waals surface area (Å²) in [4.78, 5) is 0. The number of hydrogen-bond acceptors (Lipinski definition) is 3. The third-order valence-corrected chi connectivity index (χ3v) is 2.44. The van der Waals surface area contributed by atoms with Crippen LogP contribution in [0.2, 0.25) is 0 Å². The molecule has 0 saturated carbocycles. The second kappa shape index (κ2) is 6.38. The van der Waals surface area contributed by atoms with Gasteiger partial charge in [-0.3, -0.25) is 0 Å². The molecule has 16 heavy (non-hydrogen) atoms. The van der Waals surface area contributed by atoms with Crippen molar-refractivity contribution in [2.24, 2.45) is 0 Å². The number of rotatable bonds is 6. The van der Waals surface area contributed by atoms with Crippen LogP contribution in [0.15, 0.2) is 18.2 Å². The molecule has 0 unspecified atom stereocenters. The Hall–Kier alpha value is -1.22. The van der Waals surface area contributed by atoms with E-state index in [4.69, 9.17) is 9.47 Å². The monoisotopic (exact) mass is 223 g/mol. The molecule has 0 aliphatic rings. The van der Waals surface area contributed by atoms with Gasteiger partial charge in [-0.05, 0) is 24.6 Å². The zero-order chi connectivity index (χ0) is 12.0. The lowest BCUT2D eigenvalue weighted by atomic mass is 10.1. The van der Waals surface area contributed by atoms with Crippen LogP contribution in [0.1, 0.15) is 19.4 Å². The van der Waals surface area contributed by atoms with E-state index >= 15 is 0 Å². The first-order valence-electron chi connectivity index (χ1n) is 5.61. The van der Waals surface area contributed by atoms with Crippen LogP contribution in [0, 0.1) is 0 Å². The molecule has 3 nitrogen and oxygen atoms in total. The van der Waals surface area contributed by atoms with Gasteiger partial charge in [-0.2, -0.15) is 0 Å². The molecule has 0 bridgehead atoms. The van der Waals surface area contributed by atoms with E-state index in [1.54, 1.807) is 14.2 Å². The summed E-state index contributed by atoms with van der Waals surface area (Å²) in [6.45, 7) is 5.25. The van der Waals surface area contributed by atoms with Crippen LogP contribution < -0.4 is 14.8 Å². The largest absolute Gasteiger partial charge is 0.497 e. The molecule has 0 aromatic heterocycles. The van der Waals surface area contributed by atoms with Crippen molar-refractivity contribution >= 4 is 0 Å². The van der Waals surface area contributed by atoms with E-state index in [0.29, 0.717) is 6.04 Å². The minimum Gasteiger partial charge on any atom is -0.497 e. The summed E-state index contributed by atoms with van der Waals surface area (Å²) in [5.41, 5.74) is 1.21. The molecule has 90 valence electrons. The highest BCUT2D eigenvalue weighted by molar-refractivity contribution is 5.40. The molecular formula is C13H21NO2. The molecule has 1 aromatic carbocycles. The van der Waals surface area contributed by atoms with Crippen LogP contribution in [0.3, 0.4) is 0 Å². The van der Waals surface area contributed by atoms with Crippen molar-refractivity contribution in [1.29, 1.82) is 0 Å². The smallest absolute Gasteiger partial charge is 0.125 e. The Bertz CT molecular complexity index is 324. The van der Waals surface area contributed by atoms with Crippen molar-refractivity contribution in [2.75, 3.05) is 20.8 Å². The number of hydrogen-bond donors (Lipinski definition) is 1. The maximum atomic E-state index is 5.34. The SMILES string of the molecule is COc1ccc(CCNC(C)C)c(OC)c1. The molecule has 3 heteroatoms. The van der Waals surface area contributed by atoms with Crippen molar-refractivity contribution < 1.29 is 9.47 Å². The Morgan fingerprint density at radius 1 is 1.19 bits per heavy atom. The van der Waals surface area contributed by atoms with E-state index < -0.39 is 0 Å². The predicted octanol–water partition coefficient (Wildman–Crippen LogP) is 2.24. The third kappa shape index (κ3) is 3.74. The number of benzene rings is 1. The van der Waals surface area contributed by atoms with E-state index in [0.717, 1.165) is 24.5 Å². The van der Waals surface area contributed by atoms with Gasteiger partial charge >= 0.3 is 0 Å². The maximum absolute atomic E-state index is 5.34. The first-order chi connectivity index (χ1) is 7.67. The van der Waals surface area contributed by atoms with Crippen LogP contribution >= 0.6 is 0 Å². The van der Waals surface area contributed by atoms with Crippen LogP contribution in [-0.2, 0) is 6.42 Å². The fraction of sp³-hybridized carbons (Fsp3) is 0.538.